The highest BCUT2D eigenvalue weighted by Crippen LogP contribution is 2.16. The molecule has 0 atom stereocenters. The predicted octanol–water partition coefficient (Wildman–Crippen LogP) is 4.30. The summed E-state index contributed by atoms with van der Waals surface area (Å²) < 4.78 is 11.2. The van der Waals surface area contributed by atoms with Crippen molar-refractivity contribution < 1.29 is 14.3 Å². The number of rotatable bonds is 8. The van der Waals surface area contributed by atoms with Crippen LogP contribution in [0.4, 0.5) is 0 Å². The van der Waals surface area contributed by atoms with Crippen LogP contribution >= 0.6 is 0 Å². The first-order chi connectivity index (χ1) is 14.7. The molecule has 1 amide bonds. The Labute approximate surface area is 175 Å². The zero-order chi connectivity index (χ0) is 21.2. The Bertz CT molecular complexity index is 1070. The third kappa shape index (κ3) is 5.69. The lowest BCUT2D eigenvalue weighted by Crippen LogP contribution is -2.17. The number of ether oxygens (including phenoxy) is 2. The highest BCUT2D eigenvalue weighted by Gasteiger charge is 2.05. The van der Waals surface area contributed by atoms with E-state index in [0.717, 1.165) is 11.1 Å². The summed E-state index contributed by atoms with van der Waals surface area (Å²) in [5.74, 6) is 1.05. The molecule has 0 spiro atoms. The number of nitrogens with zero attached hydrogens (tertiary/aromatic N) is 2. The maximum atomic E-state index is 12.2. The van der Waals surface area contributed by atoms with Gasteiger partial charge in [0, 0.05) is 11.1 Å². The minimum atomic E-state index is -0.310. The standard InChI is InChI=1S/C24H21N3O3/c1-2-29-22-12-10-19(11-13-22)24(28)27-26-16-18-6-5-9-23(14-18)30-17-21-8-4-3-7-20(21)15-25/h3-14,16H,2,17H2,1H3,(H,27,28)/b26-16+. The van der Waals surface area contributed by atoms with Crippen LogP contribution in [0.15, 0.2) is 77.9 Å². The highest BCUT2D eigenvalue weighted by atomic mass is 16.5. The largest absolute Gasteiger partial charge is 0.494 e. The molecule has 6 heteroatoms. The van der Waals surface area contributed by atoms with Gasteiger partial charge in [0.25, 0.3) is 5.91 Å². The van der Waals surface area contributed by atoms with E-state index in [9.17, 15) is 4.79 Å². The molecule has 0 heterocycles. The van der Waals surface area contributed by atoms with E-state index in [1.165, 1.54) is 0 Å². The average Bonchev–Trinajstić information content (AvgIpc) is 2.79. The van der Waals surface area contributed by atoms with Crippen LogP contribution in [0.1, 0.15) is 34.0 Å². The van der Waals surface area contributed by atoms with Crippen LogP contribution < -0.4 is 14.9 Å². The minimum absolute atomic E-state index is 0.290. The third-order valence-corrected chi connectivity index (χ3v) is 4.20. The molecular weight excluding hydrogens is 378 g/mol. The first kappa shape index (κ1) is 20.6. The van der Waals surface area contributed by atoms with Crippen molar-refractivity contribution in [2.45, 2.75) is 13.5 Å². The molecule has 6 nitrogen and oxygen atoms in total. The van der Waals surface area contributed by atoms with Gasteiger partial charge in [0.2, 0.25) is 0 Å². The van der Waals surface area contributed by atoms with Gasteiger partial charge in [-0.25, -0.2) is 5.43 Å². The summed E-state index contributed by atoms with van der Waals surface area (Å²) in [4.78, 5) is 12.2. The zero-order valence-corrected chi connectivity index (χ0v) is 16.5. The van der Waals surface area contributed by atoms with Crippen molar-refractivity contribution in [2.24, 2.45) is 5.10 Å². The molecule has 0 fully saturated rings. The Morgan fingerprint density at radius 3 is 2.60 bits per heavy atom. The summed E-state index contributed by atoms with van der Waals surface area (Å²) in [7, 11) is 0. The van der Waals surface area contributed by atoms with Gasteiger partial charge in [-0.15, -0.1) is 0 Å². The average molecular weight is 399 g/mol. The number of carbonyl (C=O) groups is 1. The van der Waals surface area contributed by atoms with Gasteiger partial charge < -0.3 is 9.47 Å². The fourth-order valence-electron chi connectivity index (χ4n) is 2.70. The second-order valence-corrected chi connectivity index (χ2v) is 6.29. The van der Waals surface area contributed by atoms with Crippen LogP contribution in [0, 0.1) is 11.3 Å². The van der Waals surface area contributed by atoms with Crippen molar-refractivity contribution in [3.05, 3.63) is 95.1 Å². The van der Waals surface area contributed by atoms with Crippen molar-refractivity contribution in [3.63, 3.8) is 0 Å². The quantitative estimate of drug-likeness (QED) is 0.452. The van der Waals surface area contributed by atoms with E-state index in [1.807, 2.05) is 49.4 Å². The Balaban J connectivity index is 1.57. The molecule has 0 unspecified atom stereocenters. The van der Waals surface area contributed by atoms with E-state index in [0.29, 0.717) is 35.8 Å². The summed E-state index contributed by atoms with van der Waals surface area (Å²) in [6, 6.07) is 23.6. The van der Waals surface area contributed by atoms with E-state index in [2.05, 4.69) is 16.6 Å². The van der Waals surface area contributed by atoms with Gasteiger partial charge in [-0.3, -0.25) is 4.79 Å². The molecule has 1 N–H and O–H groups in total. The molecule has 0 saturated heterocycles. The van der Waals surface area contributed by atoms with Crippen LogP contribution in [-0.4, -0.2) is 18.7 Å². The van der Waals surface area contributed by atoms with Gasteiger partial charge in [-0.2, -0.15) is 10.4 Å². The zero-order valence-electron chi connectivity index (χ0n) is 16.5. The molecule has 0 aliphatic heterocycles. The van der Waals surface area contributed by atoms with Gasteiger partial charge in [-0.05, 0) is 55.0 Å². The molecule has 150 valence electrons. The molecule has 0 aliphatic rings. The van der Waals surface area contributed by atoms with E-state index in [-0.39, 0.29) is 5.91 Å². The number of nitrogens with one attached hydrogen (secondary N) is 1. The summed E-state index contributed by atoms with van der Waals surface area (Å²) in [5.41, 5.74) is 5.18. The highest BCUT2D eigenvalue weighted by molar-refractivity contribution is 5.95. The van der Waals surface area contributed by atoms with E-state index >= 15 is 0 Å². The first-order valence-corrected chi connectivity index (χ1v) is 9.46. The van der Waals surface area contributed by atoms with E-state index < -0.39 is 0 Å². The monoisotopic (exact) mass is 399 g/mol. The number of nitriles is 1. The number of carbonyl (C=O) groups excluding carboxylic acids is 1. The topological polar surface area (TPSA) is 83.7 Å². The smallest absolute Gasteiger partial charge is 0.271 e. The summed E-state index contributed by atoms with van der Waals surface area (Å²) in [6.45, 7) is 2.77. The molecule has 30 heavy (non-hydrogen) atoms. The van der Waals surface area contributed by atoms with E-state index in [4.69, 9.17) is 14.7 Å². The van der Waals surface area contributed by atoms with Gasteiger partial charge in [0.15, 0.2) is 0 Å². The van der Waals surface area contributed by atoms with E-state index in [1.54, 1.807) is 36.5 Å². The second kappa shape index (κ2) is 10.4. The van der Waals surface area contributed by atoms with Crippen LogP contribution in [0.3, 0.4) is 0 Å². The lowest BCUT2D eigenvalue weighted by atomic mass is 10.1. The van der Waals surface area contributed by atoms with Crippen molar-refractivity contribution in [3.8, 4) is 17.6 Å². The maximum Gasteiger partial charge on any atom is 0.271 e. The SMILES string of the molecule is CCOc1ccc(C(=O)N/N=C/c2cccc(OCc3ccccc3C#N)c2)cc1. The predicted molar refractivity (Wildman–Crippen MR) is 115 cm³/mol. The van der Waals surface area contributed by atoms with Gasteiger partial charge in [-0.1, -0.05) is 30.3 Å². The van der Waals surface area contributed by atoms with Gasteiger partial charge >= 0.3 is 0 Å². The Morgan fingerprint density at radius 1 is 1.03 bits per heavy atom. The number of hydrazone groups is 1. The number of benzene rings is 3. The minimum Gasteiger partial charge on any atom is -0.494 e. The summed E-state index contributed by atoms with van der Waals surface area (Å²) in [6.07, 6.45) is 1.54. The molecule has 0 aromatic heterocycles. The molecule has 3 rings (SSSR count). The fraction of sp³-hybridized carbons (Fsp3) is 0.125. The Hall–Kier alpha value is -4.11. The molecule has 0 bridgehead atoms. The number of hydrogen-bond donors (Lipinski definition) is 1. The molecule has 0 radical (unpaired) electrons. The third-order valence-electron chi connectivity index (χ3n) is 4.20. The molecule has 0 saturated carbocycles. The number of amides is 1. The normalized spacial score (nSPS) is 10.4. The van der Waals surface area contributed by atoms with Crippen LogP contribution in [0.2, 0.25) is 0 Å². The van der Waals surface area contributed by atoms with Crippen molar-refractivity contribution in [2.75, 3.05) is 6.61 Å². The molecular formula is C24H21N3O3. The van der Waals surface area contributed by atoms with Crippen molar-refractivity contribution >= 4 is 12.1 Å². The van der Waals surface area contributed by atoms with Crippen LogP contribution in [-0.2, 0) is 6.61 Å². The fourth-order valence-corrected chi connectivity index (χ4v) is 2.70. The van der Waals surface area contributed by atoms with Gasteiger partial charge in [0.05, 0.1) is 24.5 Å². The van der Waals surface area contributed by atoms with Crippen molar-refractivity contribution in [1.29, 1.82) is 5.26 Å². The van der Waals surface area contributed by atoms with Crippen LogP contribution in [0.25, 0.3) is 0 Å². The lowest BCUT2D eigenvalue weighted by molar-refractivity contribution is 0.0955. The second-order valence-electron chi connectivity index (χ2n) is 6.29. The molecule has 3 aromatic carbocycles. The maximum absolute atomic E-state index is 12.2. The molecule has 0 aliphatic carbocycles. The Kier molecular flexibility index (Phi) is 7.17. The van der Waals surface area contributed by atoms with Gasteiger partial charge in [0.1, 0.15) is 18.1 Å². The Morgan fingerprint density at radius 2 is 1.83 bits per heavy atom. The lowest BCUT2D eigenvalue weighted by Gasteiger charge is -2.08. The van der Waals surface area contributed by atoms with Crippen molar-refractivity contribution in [1.82, 2.24) is 5.43 Å². The summed E-state index contributed by atoms with van der Waals surface area (Å²) >= 11 is 0. The summed E-state index contributed by atoms with van der Waals surface area (Å²) in [5, 5.41) is 13.2. The number of hydrogen-bond acceptors (Lipinski definition) is 5. The first-order valence-electron chi connectivity index (χ1n) is 9.46. The molecule has 3 aromatic rings. The van der Waals surface area contributed by atoms with Crippen LogP contribution in [0.5, 0.6) is 11.5 Å².